The van der Waals surface area contributed by atoms with Gasteiger partial charge in [0.2, 0.25) is 0 Å². The lowest BCUT2D eigenvalue weighted by atomic mass is 10.1. The number of ether oxygens (including phenoxy) is 1. The molecular formula is C15H25NO2S. The Kier molecular flexibility index (Phi) is 7.10. The summed E-state index contributed by atoms with van der Waals surface area (Å²) < 4.78 is 17.3. The molecule has 0 amide bonds. The molecule has 3 atom stereocenters. The van der Waals surface area contributed by atoms with Crippen LogP contribution in [0.15, 0.2) is 24.3 Å². The van der Waals surface area contributed by atoms with Crippen molar-refractivity contribution >= 4 is 10.8 Å². The van der Waals surface area contributed by atoms with E-state index in [0.29, 0.717) is 0 Å². The van der Waals surface area contributed by atoms with E-state index in [2.05, 4.69) is 6.92 Å². The Bertz CT molecular complexity index is 392. The van der Waals surface area contributed by atoms with Crippen LogP contribution in [0.4, 0.5) is 0 Å². The third kappa shape index (κ3) is 4.96. The summed E-state index contributed by atoms with van der Waals surface area (Å²) in [6, 6.07) is 7.49. The first-order valence-electron chi connectivity index (χ1n) is 6.86. The molecule has 0 saturated carbocycles. The van der Waals surface area contributed by atoms with E-state index in [1.165, 1.54) is 0 Å². The maximum Gasteiger partial charge on any atom is 0.118 e. The molecule has 4 heteroatoms. The van der Waals surface area contributed by atoms with E-state index in [0.717, 1.165) is 36.3 Å². The summed E-state index contributed by atoms with van der Waals surface area (Å²) >= 11 is 0. The Labute approximate surface area is 119 Å². The third-order valence-corrected chi connectivity index (χ3v) is 5.18. The molecule has 1 aromatic carbocycles. The van der Waals surface area contributed by atoms with Crippen molar-refractivity contribution in [1.82, 2.24) is 0 Å². The zero-order valence-electron chi connectivity index (χ0n) is 12.1. The molecule has 0 radical (unpaired) electrons. The molecule has 0 aliphatic heterocycles. The molecule has 1 rings (SSSR count). The summed E-state index contributed by atoms with van der Waals surface area (Å²) in [6.07, 6.45) is 3.30. The predicted molar refractivity (Wildman–Crippen MR) is 81.9 cm³/mol. The second-order valence-electron chi connectivity index (χ2n) is 4.80. The van der Waals surface area contributed by atoms with Crippen molar-refractivity contribution in [2.24, 2.45) is 5.73 Å². The van der Waals surface area contributed by atoms with Crippen molar-refractivity contribution in [2.45, 2.75) is 44.4 Å². The summed E-state index contributed by atoms with van der Waals surface area (Å²) in [5.74, 6) is 1.56. The quantitative estimate of drug-likeness (QED) is 0.746. The van der Waals surface area contributed by atoms with Gasteiger partial charge in [0, 0.05) is 22.6 Å². The maximum atomic E-state index is 12.2. The molecule has 0 fully saturated rings. The summed E-state index contributed by atoms with van der Waals surface area (Å²) in [5, 5.41) is -0.0229. The molecule has 0 spiro atoms. The molecule has 0 aliphatic rings. The first-order valence-corrected chi connectivity index (χ1v) is 8.25. The lowest BCUT2D eigenvalue weighted by molar-refractivity contribution is 0.414. The van der Waals surface area contributed by atoms with Crippen LogP contribution in [0.3, 0.4) is 0 Å². The number of nitrogens with two attached hydrogens (primary N) is 1. The van der Waals surface area contributed by atoms with E-state index >= 15 is 0 Å². The van der Waals surface area contributed by atoms with Gasteiger partial charge in [-0.15, -0.1) is 0 Å². The van der Waals surface area contributed by atoms with Gasteiger partial charge in [-0.1, -0.05) is 31.9 Å². The van der Waals surface area contributed by atoms with Gasteiger partial charge >= 0.3 is 0 Å². The molecule has 0 heterocycles. The average molecular weight is 283 g/mol. The molecule has 0 saturated heterocycles. The molecule has 0 bridgehead atoms. The zero-order valence-corrected chi connectivity index (χ0v) is 12.9. The van der Waals surface area contributed by atoms with Gasteiger partial charge in [0.05, 0.1) is 12.4 Å². The summed E-state index contributed by atoms with van der Waals surface area (Å²) in [4.78, 5) is 0. The van der Waals surface area contributed by atoms with Crippen molar-refractivity contribution in [2.75, 3.05) is 12.9 Å². The Balaban J connectivity index is 2.59. The van der Waals surface area contributed by atoms with Gasteiger partial charge in [-0.05, 0) is 31.0 Å². The Morgan fingerprint density at radius 3 is 2.42 bits per heavy atom. The molecule has 2 N–H and O–H groups in total. The first kappa shape index (κ1) is 16.2. The van der Waals surface area contributed by atoms with Gasteiger partial charge in [0.1, 0.15) is 5.75 Å². The minimum absolute atomic E-state index is 0.0229. The van der Waals surface area contributed by atoms with Crippen LogP contribution in [0.2, 0.25) is 0 Å². The molecule has 19 heavy (non-hydrogen) atoms. The number of hydrogen-bond donors (Lipinski definition) is 1. The van der Waals surface area contributed by atoms with E-state index in [1.807, 2.05) is 31.2 Å². The SMILES string of the molecule is CCCCCS(=O)C(C)C(N)c1ccc(OC)cc1. The van der Waals surface area contributed by atoms with Crippen LogP contribution in [0.25, 0.3) is 0 Å². The van der Waals surface area contributed by atoms with Gasteiger partial charge in [-0.25, -0.2) is 0 Å². The van der Waals surface area contributed by atoms with Crippen LogP contribution in [0, 0.1) is 0 Å². The van der Waals surface area contributed by atoms with Crippen LogP contribution in [-0.2, 0) is 10.8 Å². The van der Waals surface area contributed by atoms with E-state index in [-0.39, 0.29) is 11.3 Å². The minimum Gasteiger partial charge on any atom is -0.497 e. The molecule has 3 unspecified atom stereocenters. The van der Waals surface area contributed by atoms with Crippen molar-refractivity contribution < 1.29 is 8.95 Å². The fourth-order valence-corrected chi connectivity index (χ4v) is 3.29. The van der Waals surface area contributed by atoms with Gasteiger partial charge in [-0.3, -0.25) is 4.21 Å². The molecule has 0 aromatic heterocycles. The smallest absolute Gasteiger partial charge is 0.118 e. The summed E-state index contributed by atoms with van der Waals surface area (Å²) in [7, 11) is 0.779. The summed E-state index contributed by atoms with van der Waals surface area (Å²) in [5.41, 5.74) is 7.21. The van der Waals surface area contributed by atoms with Crippen LogP contribution in [-0.4, -0.2) is 22.3 Å². The van der Waals surface area contributed by atoms with E-state index < -0.39 is 10.8 Å². The summed E-state index contributed by atoms with van der Waals surface area (Å²) in [6.45, 7) is 4.12. The highest BCUT2D eigenvalue weighted by Gasteiger charge is 2.20. The third-order valence-electron chi connectivity index (χ3n) is 3.37. The fourth-order valence-electron chi connectivity index (χ4n) is 1.94. The topological polar surface area (TPSA) is 52.3 Å². The lowest BCUT2D eigenvalue weighted by Gasteiger charge is -2.20. The first-order chi connectivity index (χ1) is 9.10. The largest absolute Gasteiger partial charge is 0.497 e. The average Bonchev–Trinajstić information content (AvgIpc) is 2.46. The zero-order chi connectivity index (χ0) is 14.3. The highest BCUT2D eigenvalue weighted by Crippen LogP contribution is 2.21. The van der Waals surface area contributed by atoms with Gasteiger partial charge < -0.3 is 10.5 Å². The Morgan fingerprint density at radius 1 is 1.26 bits per heavy atom. The number of methoxy groups -OCH3 is 1. The normalized spacial score (nSPS) is 15.8. The Morgan fingerprint density at radius 2 is 1.89 bits per heavy atom. The van der Waals surface area contributed by atoms with Crippen molar-refractivity contribution in [3.05, 3.63) is 29.8 Å². The molecular weight excluding hydrogens is 258 g/mol. The van der Waals surface area contributed by atoms with Crippen molar-refractivity contribution in [3.63, 3.8) is 0 Å². The number of rotatable bonds is 8. The van der Waals surface area contributed by atoms with Crippen LogP contribution in [0.1, 0.15) is 44.7 Å². The van der Waals surface area contributed by atoms with Crippen molar-refractivity contribution in [1.29, 1.82) is 0 Å². The predicted octanol–water partition coefficient (Wildman–Crippen LogP) is 3.02. The van der Waals surface area contributed by atoms with E-state index in [1.54, 1.807) is 7.11 Å². The monoisotopic (exact) mass is 283 g/mol. The lowest BCUT2D eigenvalue weighted by Crippen LogP contribution is -2.28. The van der Waals surface area contributed by atoms with Gasteiger partial charge in [-0.2, -0.15) is 0 Å². The van der Waals surface area contributed by atoms with E-state index in [9.17, 15) is 4.21 Å². The highest BCUT2D eigenvalue weighted by atomic mass is 32.2. The molecule has 108 valence electrons. The maximum absolute atomic E-state index is 12.2. The molecule has 3 nitrogen and oxygen atoms in total. The van der Waals surface area contributed by atoms with Gasteiger partial charge in [0.25, 0.3) is 0 Å². The standard InChI is InChI=1S/C15H25NO2S/c1-4-5-6-11-19(17)12(2)15(16)13-7-9-14(18-3)10-8-13/h7-10,12,15H,4-6,11,16H2,1-3H3. The minimum atomic E-state index is -0.860. The number of unbranched alkanes of at least 4 members (excludes halogenated alkanes) is 2. The highest BCUT2D eigenvalue weighted by molar-refractivity contribution is 7.85. The number of hydrogen-bond acceptors (Lipinski definition) is 3. The second-order valence-corrected chi connectivity index (χ2v) is 6.71. The van der Waals surface area contributed by atoms with E-state index in [4.69, 9.17) is 10.5 Å². The Hall–Kier alpha value is -0.870. The van der Waals surface area contributed by atoms with Crippen molar-refractivity contribution in [3.8, 4) is 5.75 Å². The van der Waals surface area contributed by atoms with Crippen LogP contribution in [0.5, 0.6) is 5.75 Å². The number of benzene rings is 1. The van der Waals surface area contributed by atoms with Crippen LogP contribution >= 0.6 is 0 Å². The fraction of sp³-hybridized carbons (Fsp3) is 0.600. The second kappa shape index (κ2) is 8.33. The van der Waals surface area contributed by atoms with Crippen LogP contribution < -0.4 is 10.5 Å². The molecule has 0 aliphatic carbocycles. The molecule has 1 aromatic rings. The van der Waals surface area contributed by atoms with Gasteiger partial charge in [0.15, 0.2) is 0 Å².